The van der Waals surface area contributed by atoms with Gasteiger partial charge in [-0.3, -0.25) is 0 Å². The van der Waals surface area contributed by atoms with E-state index in [1.165, 1.54) is 58.3 Å². The largest absolute Gasteiger partial charge is 0.310 e. The molecule has 1 saturated carbocycles. The van der Waals surface area contributed by atoms with Gasteiger partial charge in [-0.25, -0.2) is 0 Å². The molecule has 1 heterocycles. The van der Waals surface area contributed by atoms with Gasteiger partial charge in [0.05, 0.1) is 0 Å². The fourth-order valence-corrected chi connectivity index (χ4v) is 3.60. The smallest absolute Gasteiger partial charge is 0.0303 e. The minimum absolute atomic E-state index is 0.379. The second kappa shape index (κ2) is 5.50. The zero-order valence-electron chi connectivity index (χ0n) is 12.9. The molecule has 18 heavy (non-hydrogen) atoms. The maximum atomic E-state index is 3.82. The monoisotopic (exact) mass is 252 g/mol. The first-order valence-electron chi connectivity index (χ1n) is 8.03. The van der Waals surface area contributed by atoms with Crippen LogP contribution in [0.5, 0.6) is 0 Å². The van der Waals surface area contributed by atoms with E-state index in [1.54, 1.807) is 0 Å². The van der Waals surface area contributed by atoms with E-state index in [1.807, 2.05) is 0 Å². The Hall–Kier alpha value is -0.0800. The topological polar surface area (TPSA) is 15.3 Å². The number of nitrogens with zero attached hydrogens (tertiary/aromatic N) is 1. The molecule has 1 aliphatic carbocycles. The van der Waals surface area contributed by atoms with E-state index in [0.29, 0.717) is 11.0 Å². The van der Waals surface area contributed by atoms with Gasteiger partial charge < -0.3 is 10.2 Å². The minimum Gasteiger partial charge on any atom is -0.310 e. The molecule has 0 aromatic rings. The Morgan fingerprint density at radius 3 is 2.33 bits per heavy atom. The van der Waals surface area contributed by atoms with Crippen molar-refractivity contribution in [3.8, 4) is 0 Å². The van der Waals surface area contributed by atoms with Crippen LogP contribution in [-0.4, -0.2) is 36.6 Å². The average Bonchev–Trinajstić information content (AvgIpc) is 3.15. The lowest BCUT2D eigenvalue weighted by atomic mass is 9.89. The van der Waals surface area contributed by atoms with E-state index in [4.69, 9.17) is 0 Å². The average molecular weight is 252 g/mol. The van der Waals surface area contributed by atoms with Gasteiger partial charge >= 0.3 is 0 Å². The van der Waals surface area contributed by atoms with Crippen molar-refractivity contribution >= 4 is 0 Å². The fraction of sp³-hybridized carbons (Fsp3) is 1.00. The minimum atomic E-state index is 0.379. The number of nitrogens with one attached hydrogen (secondary N) is 1. The lowest BCUT2D eigenvalue weighted by Crippen LogP contribution is -2.51. The van der Waals surface area contributed by atoms with Crippen LogP contribution in [0.25, 0.3) is 0 Å². The molecule has 0 amide bonds. The van der Waals surface area contributed by atoms with Gasteiger partial charge in [-0.05, 0) is 56.5 Å². The number of hydrogen-bond donors (Lipinski definition) is 1. The maximum Gasteiger partial charge on any atom is 0.0303 e. The van der Waals surface area contributed by atoms with E-state index in [2.05, 4.69) is 37.9 Å². The first-order valence-corrected chi connectivity index (χ1v) is 8.03. The summed E-state index contributed by atoms with van der Waals surface area (Å²) in [6.07, 6.45) is 6.75. The summed E-state index contributed by atoms with van der Waals surface area (Å²) < 4.78 is 0. The molecule has 0 aromatic carbocycles. The highest BCUT2D eigenvalue weighted by molar-refractivity contribution is 5.00. The lowest BCUT2D eigenvalue weighted by Gasteiger charge is -2.37. The SMILES string of the molecule is CCC1(CC)CN(CC2(C(C)C)CC2)CCCN1. The van der Waals surface area contributed by atoms with Crippen LogP contribution in [0.2, 0.25) is 0 Å². The molecule has 1 N–H and O–H groups in total. The predicted molar refractivity (Wildman–Crippen MR) is 78.9 cm³/mol. The lowest BCUT2D eigenvalue weighted by molar-refractivity contribution is 0.148. The Bertz CT molecular complexity index is 264. The molecule has 2 fully saturated rings. The van der Waals surface area contributed by atoms with Crippen molar-refractivity contribution in [2.75, 3.05) is 26.2 Å². The Morgan fingerprint density at radius 2 is 1.83 bits per heavy atom. The van der Waals surface area contributed by atoms with Gasteiger partial charge in [-0.15, -0.1) is 0 Å². The van der Waals surface area contributed by atoms with Crippen LogP contribution in [0.1, 0.15) is 59.8 Å². The highest BCUT2D eigenvalue weighted by Crippen LogP contribution is 2.52. The van der Waals surface area contributed by atoms with Crippen molar-refractivity contribution in [2.45, 2.75) is 65.3 Å². The maximum absolute atomic E-state index is 3.82. The van der Waals surface area contributed by atoms with Gasteiger partial charge in [-0.2, -0.15) is 0 Å². The summed E-state index contributed by atoms with van der Waals surface area (Å²) in [5, 5.41) is 3.82. The van der Waals surface area contributed by atoms with Crippen LogP contribution < -0.4 is 5.32 Å². The molecule has 106 valence electrons. The predicted octanol–water partition coefficient (Wildman–Crippen LogP) is 3.28. The normalized spacial score (nSPS) is 27.2. The Morgan fingerprint density at radius 1 is 1.17 bits per heavy atom. The van der Waals surface area contributed by atoms with E-state index in [9.17, 15) is 0 Å². The first kappa shape index (κ1) is 14.3. The number of rotatable bonds is 5. The third-order valence-corrected chi connectivity index (χ3v) is 5.69. The third kappa shape index (κ3) is 2.91. The van der Waals surface area contributed by atoms with Crippen LogP contribution in [-0.2, 0) is 0 Å². The molecular formula is C16H32N2. The van der Waals surface area contributed by atoms with Crippen LogP contribution >= 0.6 is 0 Å². The summed E-state index contributed by atoms with van der Waals surface area (Å²) >= 11 is 0. The van der Waals surface area contributed by atoms with Crippen molar-refractivity contribution < 1.29 is 0 Å². The van der Waals surface area contributed by atoms with Crippen LogP contribution in [0.15, 0.2) is 0 Å². The summed E-state index contributed by atoms with van der Waals surface area (Å²) in [5.41, 5.74) is 1.04. The Labute approximate surface area is 114 Å². The summed E-state index contributed by atoms with van der Waals surface area (Å²) in [6, 6.07) is 0. The van der Waals surface area contributed by atoms with Gasteiger partial charge in [0.15, 0.2) is 0 Å². The van der Waals surface area contributed by atoms with Gasteiger partial charge in [0, 0.05) is 18.6 Å². The van der Waals surface area contributed by atoms with E-state index >= 15 is 0 Å². The first-order chi connectivity index (χ1) is 8.56. The highest BCUT2D eigenvalue weighted by atomic mass is 15.2. The fourth-order valence-electron chi connectivity index (χ4n) is 3.60. The van der Waals surface area contributed by atoms with Gasteiger partial charge in [0.2, 0.25) is 0 Å². The standard InChI is InChI=1S/C16H32N2/c1-5-16(6-2)13-18(11-7-10-17-16)12-15(8-9-15)14(3)4/h14,17H,5-13H2,1-4H3. The summed E-state index contributed by atoms with van der Waals surface area (Å²) in [4.78, 5) is 2.76. The second-order valence-corrected chi connectivity index (χ2v) is 7.00. The van der Waals surface area contributed by atoms with Crippen LogP contribution in [0, 0.1) is 11.3 Å². The summed E-state index contributed by atoms with van der Waals surface area (Å²) in [5.74, 6) is 0.853. The van der Waals surface area contributed by atoms with Gasteiger partial charge in [0.1, 0.15) is 0 Å². The molecule has 2 heteroatoms. The van der Waals surface area contributed by atoms with Gasteiger partial charge in [0.25, 0.3) is 0 Å². The molecule has 0 radical (unpaired) electrons. The third-order valence-electron chi connectivity index (χ3n) is 5.69. The molecule has 0 spiro atoms. The molecule has 1 aliphatic heterocycles. The molecule has 0 unspecified atom stereocenters. The quantitative estimate of drug-likeness (QED) is 0.808. The molecule has 1 saturated heterocycles. The van der Waals surface area contributed by atoms with Crippen molar-refractivity contribution in [2.24, 2.45) is 11.3 Å². The van der Waals surface area contributed by atoms with Crippen molar-refractivity contribution in [3.63, 3.8) is 0 Å². The van der Waals surface area contributed by atoms with Crippen molar-refractivity contribution in [3.05, 3.63) is 0 Å². The zero-order valence-corrected chi connectivity index (χ0v) is 12.9. The van der Waals surface area contributed by atoms with Crippen LogP contribution in [0.4, 0.5) is 0 Å². The Kier molecular flexibility index (Phi) is 4.38. The summed E-state index contributed by atoms with van der Waals surface area (Å²) in [7, 11) is 0. The van der Waals surface area contributed by atoms with E-state index < -0.39 is 0 Å². The number of hydrogen-bond acceptors (Lipinski definition) is 2. The van der Waals surface area contributed by atoms with E-state index in [0.717, 1.165) is 5.92 Å². The molecule has 2 nitrogen and oxygen atoms in total. The zero-order chi connectivity index (χ0) is 13.2. The van der Waals surface area contributed by atoms with Crippen molar-refractivity contribution in [1.29, 1.82) is 0 Å². The highest BCUT2D eigenvalue weighted by Gasteiger charge is 2.47. The molecular weight excluding hydrogens is 220 g/mol. The summed E-state index contributed by atoms with van der Waals surface area (Å²) in [6.45, 7) is 14.6. The van der Waals surface area contributed by atoms with Crippen LogP contribution in [0.3, 0.4) is 0 Å². The molecule has 2 aliphatic rings. The molecule has 0 aromatic heterocycles. The molecule has 0 atom stereocenters. The van der Waals surface area contributed by atoms with E-state index in [-0.39, 0.29) is 0 Å². The van der Waals surface area contributed by atoms with Gasteiger partial charge in [-0.1, -0.05) is 27.7 Å². The molecule has 0 bridgehead atoms. The van der Waals surface area contributed by atoms with Crippen molar-refractivity contribution in [1.82, 2.24) is 10.2 Å². The second-order valence-electron chi connectivity index (χ2n) is 7.00. The Balaban J connectivity index is 1.99. The molecule has 2 rings (SSSR count).